The van der Waals surface area contributed by atoms with Gasteiger partial charge >= 0.3 is 0 Å². The van der Waals surface area contributed by atoms with E-state index < -0.39 is 0 Å². The zero-order valence-electron chi connectivity index (χ0n) is 16.7. The SMILES string of the molecule is CN=C(NCCCC1CCCC1)NCCN1C(=O)C2C3C=CC(C3)C2C1=O.I. The number of carbonyl (C=O) groups is 2. The quantitative estimate of drug-likeness (QED) is 0.141. The Morgan fingerprint density at radius 3 is 2.29 bits per heavy atom. The number of fused-ring (bicyclic) bond motifs is 5. The van der Waals surface area contributed by atoms with Gasteiger partial charge < -0.3 is 10.6 Å². The van der Waals surface area contributed by atoms with Crippen molar-refractivity contribution in [3.05, 3.63) is 12.2 Å². The average Bonchev–Trinajstić information content (AvgIpc) is 3.44. The smallest absolute Gasteiger partial charge is 0.233 e. The van der Waals surface area contributed by atoms with E-state index in [1.165, 1.54) is 37.0 Å². The molecule has 28 heavy (non-hydrogen) atoms. The molecule has 2 saturated carbocycles. The third-order valence-corrected chi connectivity index (χ3v) is 6.97. The fraction of sp³-hybridized carbons (Fsp3) is 0.762. The Hall–Kier alpha value is -1.12. The second kappa shape index (κ2) is 9.59. The topological polar surface area (TPSA) is 73.8 Å². The van der Waals surface area contributed by atoms with Gasteiger partial charge in [0.2, 0.25) is 11.8 Å². The molecule has 4 rings (SSSR count). The minimum absolute atomic E-state index is 0. The third-order valence-electron chi connectivity index (χ3n) is 6.97. The molecule has 7 heteroatoms. The molecule has 0 aromatic rings. The van der Waals surface area contributed by atoms with E-state index >= 15 is 0 Å². The van der Waals surface area contributed by atoms with Crippen LogP contribution in [0.2, 0.25) is 0 Å². The lowest BCUT2D eigenvalue weighted by Gasteiger charge is -2.18. The number of allylic oxidation sites excluding steroid dienone is 2. The highest BCUT2D eigenvalue weighted by Crippen LogP contribution is 2.52. The van der Waals surface area contributed by atoms with Gasteiger partial charge in [-0.05, 0) is 37.0 Å². The molecule has 0 aromatic carbocycles. The summed E-state index contributed by atoms with van der Waals surface area (Å²) < 4.78 is 0. The summed E-state index contributed by atoms with van der Waals surface area (Å²) in [5.74, 6) is 2.10. The molecular weight excluding hydrogens is 467 g/mol. The van der Waals surface area contributed by atoms with Crippen LogP contribution in [0.4, 0.5) is 0 Å². The van der Waals surface area contributed by atoms with Crippen molar-refractivity contribution in [3.63, 3.8) is 0 Å². The van der Waals surface area contributed by atoms with E-state index in [1.807, 2.05) is 0 Å². The molecule has 4 atom stereocenters. The van der Waals surface area contributed by atoms with Crippen LogP contribution < -0.4 is 10.6 Å². The summed E-state index contributed by atoms with van der Waals surface area (Å²) in [5.41, 5.74) is 0. The number of imide groups is 1. The Morgan fingerprint density at radius 2 is 1.68 bits per heavy atom. The number of guanidine groups is 1. The van der Waals surface area contributed by atoms with E-state index in [-0.39, 0.29) is 59.5 Å². The van der Waals surface area contributed by atoms with Crippen LogP contribution in [0, 0.1) is 29.6 Å². The van der Waals surface area contributed by atoms with Crippen molar-refractivity contribution in [1.29, 1.82) is 0 Å². The van der Waals surface area contributed by atoms with Crippen molar-refractivity contribution < 1.29 is 9.59 Å². The second-order valence-electron chi connectivity index (χ2n) is 8.55. The number of hydrogen-bond acceptors (Lipinski definition) is 3. The summed E-state index contributed by atoms with van der Waals surface area (Å²) in [6.07, 6.45) is 13.3. The van der Waals surface area contributed by atoms with Crippen molar-refractivity contribution in [2.45, 2.75) is 44.9 Å². The molecule has 0 spiro atoms. The van der Waals surface area contributed by atoms with Crippen LogP contribution in [0.3, 0.4) is 0 Å². The van der Waals surface area contributed by atoms with Crippen molar-refractivity contribution in [2.75, 3.05) is 26.7 Å². The molecule has 2 amide bonds. The van der Waals surface area contributed by atoms with Gasteiger partial charge in [-0.1, -0.05) is 37.8 Å². The molecule has 2 N–H and O–H groups in total. The second-order valence-corrected chi connectivity index (χ2v) is 8.55. The molecular formula is C21H33IN4O2. The lowest BCUT2D eigenvalue weighted by atomic mass is 9.85. The highest BCUT2D eigenvalue weighted by molar-refractivity contribution is 14.0. The van der Waals surface area contributed by atoms with Crippen molar-refractivity contribution in [3.8, 4) is 0 Å². The molecule has 0 aromatic heterocycles. The van der Waals surface area contributed by atoms with E-state index in [0.717, 1.165) is 31.3 Å². The van der Waals surface area contributed by atoms with Gasteiger partial charge in [0, 0.05) is 26.7 Å². The first-order chi connectivity index (χ1) is 13.2. The normalized spacial score (nSPS) is 31.5. The zero-order chi connectivity index (χ0) is 18.8. The van der Waals surface area contributed by atoms with Crippen LogP contribution in [0.1, 0.15) is 44.9 Å². The minimum Gasteiger partial charge on any atom is -0.356 e. The van der Waals surface area contributed by atoms with Crippen molar-refractivity contribution >= 4 is 41.8 Å². The summed E-state index contributed by atoms with van der Waals surface area (Å²) in [6.45, 7) is 1.88. The summed E-state index contributed by atoms with van der Waals surface area (Å²) in [6, 6.07) is 0. The molecule has 1 heterocycles. The molecule has 0 radical (unpaired) electrons. The minimum atomic E-state index is -0.0967. The molecule has 4 unspecified atom stereocenters. The maximum atomic E-state index is 12.7. The van der Waals surface area contributed by atoms with Crippen LogP contribution in [0.15, 0.2) is 17.1 Å². The van der Waals surface area contributed by atoms with Gasteiger partial charge in [0.05, 0.1) is 11.8 Å². The summed E-state index contributed by atoms with van der Waals surface area (Å²) >= 11 is 0. The lowest BCUT2D eigenvalue weighted by Crippen LogP contribution is -2.43. The standard InChI is InChI=1S/C21H32N4O2.HI/c1-22-21(23-10-4-7-14-5-2-3-6-14)24-11-12-25-19(26)17-15-8-9-16(13-15)18(17)20(25)27;/h8-9,14-18H,2-7,10-13H2,1H3,(H2,22,23,24);1H. The largest absolute Gasteiger partial charge is 0.356 e. The Labute approximate surface area is 185 Å². The van der Waals surface area contributed by atoms with Crippen LogP contribution in [0.5, 0.6) is 0 Å². The highest BCUT2D eigenvalue weighted by Gasteiger charge is 2.58. The Morgan fingerprint density at radius 1 is 1.07 bits per heavy atom. The predicted octanol–water partition coefficient (Wildman–Crippen LogP) is 2.55. The Balaban J connectivity index is 0.00000225. The molecule has 3 aliphatic carbocycles. The first-order valence-corrected chi connectivity index (χ1v) is 10.7. The van der Waals surface area contributed by atoms with Gasteiger partial charge in [0.1, 0.15) is 0 Å². The number of rotatable bonds is 7. The van der Waals surface area contributed by atoms with Crippen LogP contribution >= 0.6 is 24.0 Å². The molecule has 3 fully saturated rings. The average molecular weight is 500 g/mol. The van der Waals surface area contributed by atoms with Gasteiger partial charge in [-0.25, -0.2) is 0 Å². The molecule has 1 aliphatic heterocycles. The van der Waals surface area contributed by atoms with Crippen LogP contribution in [-0.4, -0.2) is 49.4 Å². The van der Waals surface area contributed by atoms with Gasteiger partial charge in [-0.15, -0.1) is 24.0 Å². The van der Waals surface area contributed by atoms with Crippen molar-refractivity contribution in [1.82, 2.24) is 15.5 Å². The summed E-state index contributed by atoms with van der Waals surface area (Å²) in [4.78, 5) is 31.1. The number of halogens is 1. The van der Waals surface area contributed by atoms with Gasteiger partial charge in [-0.2, -0.15) is 0 Å². The first-order valence-electron chi connectivity index (χ1n) is 10.7. The predicted molar refractivity (Wildman–Crippen MR) is 120 cm³/mol. The molecule has 156 valence electrons. The van der Waals surface area contributed by atoms with Crippen molar-refractivity contribution in [2.24, 2.45) is 34.6 Å². The highest BCUT2D eigenvalue weighted by atomic mass is 127. The molecule has 4 aliphatic rings. The number of likely N-dealkylation sites (tertiary alicyclic amines) is 1. The number of nitrogens with zero attached hydrogens (tertiary/aromatic N) is 2. The van der Waals surface area contributed by atoms with E-state index in [2.05, 4.69) is 27.8 Å². The maximum Gasteiger partial charge on any atom is 0.233 e. The third kappa shape index (κ3) is 4.24. The first kappa shape index (κ1) is 21.6. The molecule has 6 nitrogen and oxygen atoms in total. The summed E-state index contributed by atoms with van der Waals surface area (Å²) in [7, 11) is 1.76. The number of carbonyl (C=O) groups excluding carboxylic acids is 2. The van der Waals surface area contributed by atoms with Gasteiger partial charge in [0.15, 0.2) is 5.96 Å². The Kier molecular flexibility index (Phi) is 7.39. The van der Waals surface area contributed by atoms with Gasteiger partial charge in [-0.3, -0.25) is 19.5 Å². The zero-order valence-corrected chi connectivity index (χ0v) is 19.1. The molecule has 2 bridgehead atoms. The summed E-state index contributed by atoms with van der Waals surface area (Å²) in [5, 5.41) is 6.59. The lowest BCUT2D eigenvalue weighted by molar-refractivity contribution is -0.140. The Bertz CT molecular complexity index is 614. The van der Waals surface area contributed by atoms with E-state index in [4.69, 9.17) is 0 Å². The number of aliphatic imine (C=N–C) groups is 1. The fourth-order valence-electron chi connectivity index (χ4n) is 5.59. The van der Waals surface area contributed by atoms with E-state index in [0.29, 0.717) is 13.1 Å². The van der Waals surface area contributed by atoms with Gasteiger partial charge in [0.25, 0.3) is 0 Å². The van der Waals surface area contributed by atoms with Crippen LogP contribution in [-0.2, 0) is 9.59 Å². The van der Waals surface area contributed by atoms with Crippen LogP contribution in [0.25, 0.3) is 0 Å². The number of nitrogens with one attached hydrogen (secondary N) is 2. The fourth-order valence-corrected chi connectivity index (χ4v) is 5.59. The maximum absolute atomic E-state index is 12.7. The number of amides is 2. The number of hydrogen-bond donors (Lipinski definition) is 2. The van der Waals surface area contributed by atoms with E-state index in [1.54, 1.807) is 7.05 Å². The van der Waals surface area contributed by atoms with E-state index in [9.17, 15) is 9.59 Å². The molecule has 1 saturated heterocycles. The monoisotopic (exact) mass is 500 g/mol.